The number of rotatable bonds is 2. The fourth-order valence-corrected chi connectivity index (χ4v) is 2.39. The molecule has 4 nitrogen and oxygen atoms in total. The molecule has 3 aliphatic carbocycles. The van der Waals surface area contributed by atoms with Gasteiger partial charge in [-0.15, -0.1) is 0 Å². The Balaban J connectivity index is 2.28. The molecule has 15 heavy (non-hydrogen) atoms. The number of aliphatic carboxylic acids is 2. The second-order valence-corrected chi connectivity index (χ2v) is 3.71. The predicted molar refractivity (Wildman–Crippen MR) is 50.1 cm³/mol. The zero-order chi connectivity index (χ0) is 10.7. The molecule has 3 rings (SSSR count). The molecule has 0 aromatic rings. The molecule has 0 aliphatic heterocycles. The smallest absolute Gasteiger partial charge is 0.337 e. The van der Waals surface area contributed by atoms with Gasteiger partial charge < -0.3 is 10.2 Å². The highest BCUT2D eigenvalue weighted by Crippen LogP contribution is 2.50. The van der Waals surface area contributed by atoms with Crippen molar-refractivity contribution in [3.63, 3.8) is 0 Å². The first-order chi connectivity index (χ1) is 7.09. The number of hydrogen-bond donors (Lipinski definition) is 2. The number of carbonyl (C=O) groups is 2. The van der Waals surface area contributed by atoms with Crippen molar-refractivity contribution >= 4 is 11.9 Å². The Bertz CT molecular complexity index is 555. The highest BCUT2D eigenvalue weighted by Gasteiger charge is 2.41. The van der Waals surface area contributed by atoms with Gasteiger partial charge >= 0.3 is 11.9 Å². The molecule has 0 aromatic carbocycles. The van der Waals surface area contributed by atoms with Crippen molar-refractivity contribution in [3.8, 4) is 0 Å². The summed E-state index contributed by atoms with van der Waals surface area (Å²) in [5.41, 5.74) is 2.93. The van der Waals surface area contributed by atoms with Gasteiger partial charge in [-0.3, -0.25) is 0 Å². The second-order valence-electron chi connectivity index (χ2n) is 3.71. The van der Waals surface area contributed by atoms with E-state index in [0.29, 0.717) is 17.6 Å². The fraction of sp³-hybridized carbons (Fsp3) is 0.0909. The molecule has 0 radical (unpaired) electrons. The summed E-state index contributed by atoms with van der Waals surface area (Å²) >= 11 is 0. The van der Waals surface area contributed by atoms with E-state index in [1.54, 1.807) is 6.08 Å². The van der Waals surface area contributed by atoms with Crippen LogP contribution in [0.2, 0.25) is 0 Å². The van der Waals surface area contributed by atoms with Crippen LogP contribution in [0.5, 0.6) is 0 Å². The Labute approximate surface area is 84.5 Å². The topological polar surface area (TPSA) is 74.6 Å². The summed E-state index contributed by atoms with van der Waals surface area (Å²) in [6.45, 7) is 0. The van der Waals surface area contributed by atoms with Crippen molar-refractivity contribution in [1.29, 1.82) is 0 Å². The van der Waals surface area contributed by atoms with Crippen molar-refractivity contribution in [1.82, 2.24) is 0 Å². The van der Waals surface area contributed by atoms with Crippen molar-refractivity contribution in [2.24, 2.45) is 0 Å². The molecular formula is C11H6O4. The van der Waals surface area contributed by atoms with E-state index in [0.717, 1.165) is 11.1 Å². The minimum absolute atomic E-state index is 0.0347. The predicted octanol–water partition coefficient (Wildman–Crippen LogP) is 1.03. The van der Waals surface area contributed by atoms with Crippen LogP contribution in [0.3, 0.4) is 0 Å². The van der Waals surface area contributed by atoms with E-state index in [4.69, 9.17) is 10.2 Å². The van der Waals surface area contributed by atoms with Crippen LogP contribution in [0.1, 0.15) is 6.42 Å². The summed E-state index contributed by atoms with van der Waals surface area (Å²) in [7, 11) is 0. The van der Waals surface area contributed by atoms with Gasteiger partial charge in [-0.25, -0.2) is 9.59 Å². The quantitative estimate of drug-likeness (QED) is 0.701. The molecule has 3 aliphatic rings. The molecule has 4 heteroatoms. The van der Waals surface area contributed by atoms with Crippen molar-refractivity contribution < 1.29 is 19.8 Å². The van der Waals surface area contributed by atoms with Crippen LogP contribution in [0, 0.1) is 0 Å². The van der Waals surface area contributed by atoms with E-state index in [1.165, 1.54) is 0 Å². The largest absolute Gasteiger partial charge is 0.478 e. The zero-order valence-electron chi connectivity index (χ0n) is 7.57. The van der Waals surface area contributed by atoms with Crippen LogP contribution in [0.4, 0.5) is 0 Å². The van der Waals surface area contributed by atoms with Crippen LogP contribution in [0.15, 0.2) is 45.6 Å². The van der Waals surface area contributed by atoms with Gasteiger partial charge in [-0.05, 0) is 34.8 Å². The van der Waals surface area contributed by atoms with Gasteiger partial charge in [0.15, 0.2) is 0 Å². The van der Waals surface area contributed by atoms with Gasteiger partial charge in [0.1, 0.15) is 0 Å². The Morgan fingerprint density at radius 3 is 2.27 bits per heavy atom. The molecular weight excluding hydrogens is 196 g/mol. The Kier molecular flexibility index (Phi) is 1.25. The number of carboxylic acid groups (broad SMARTS) is 2. The van der Waals surface area contributed by atoms with Crippen molar-refractivity contribution in [2.45, 2.75) is 6.42 Å². The minimum Gasteiger partial charge on any atom is -0.478 e. The summed E-state index contributed by atoms with van der Waals surface area (Å²) < 4.78 is 0. The van der Waals surface area contributed by atoms with E-state index in [2.05, 4.69) is 0 Å². The van der Waals surface area contributed by atoms with Crippen molar-refractivity contribution in [3.05, 3.63) is 45.6 Å². The molecule has 0 saturated heterocycles. The third-order valence-corrected chi connectivity index (χ3v) is 2.90. The third kappa shape index (κ3) is 0.812. The summed E-state index contributed by atoms with van der Waals surface area (Å²) in [4.78, 5) is 22.0. The van der Waals surface area contributed by atoms with E-state index in [1.807, 2.05) is 6.08 Å². The molecule has 2 bridgehead atoms. The lowest BCUT2D eigenvalue weighted by molar-refractivity contribution is -0.135. The Morgan fingerprint density at radius 2 is 1.73 bits per heavy atom. The first kappa shape index (κ1) is 8.23. The van der Waals surface area contributed by atoms with E-state index < -0.39 is 11.9 Å². The first-order valence-corrected chi connectivity index (χ1v) is 4.47. The minimum atomic E-state index is -1.16. The summed E-state index contributed by atoms with van der Waals surface area (Å²) in [6.07, 6.45) is 4.18. The number of allylic oxidation sites excluding steroid dienone is 4. The second kappa shape index (κ2) is 2.28. The average molecular weight is 202 g/mol. The SMILES string of the molecule is O=C(O)C1=C(C(=O)O)C2=C3C=C(C=C31)C2. The molecule has 0 amide bonds. The van der Waals surface area contributed by atoms with E-state index >= 15 is 0 Å². The average Bonchev–Trinajstić information content (AvgIpc) is 2.70. The summed E-state index contributed by atoms with van der Waals surface area (Å²) in [6, 6.07) is 0. The summed E-state index contributed by atoms with van der Waals surface area (Å²) in [5, 5.41) is 18.0. The highest BCUT2D eigenvalue weighted by atomic mass is 16.4. The van der Waals surface area contributed by atoms with Gasteiger partial charge in [0.25, 0.3) is 0 Å². The maximum Gasteiger partial charge on any atom is 0.337 e. The van der Waals surface area contributed by atoms with Gasteiger partial charge in [-0.1, -0.05) is 6.08 Å². The molecule has 0 aromatic heterocycles. The van der Waals surface area contributed by atoms with Crippen LogP contribution < -0.4 is 0 Å². The van der Waals surface area contributed by atoms with E-state index in [9.17, 15) is 9.59 Å². The maximum absolute atomic E-state index is 11.0. The fourth-order valence-electron chi connectivity index (χ4n) is 2.39. The molecule has 0 atom stereocenters. The lowest BCUT2D eigenvalue weighted by Crippen LogP contribution is -2.09. The first-order valence-electron chi connectivity index (χ1n) is 4.47. The number of carboxylic acids is 2. The van der Waals surface area contributed by atoms with Crippen LogP contribution in [-0.2, 0) is 9.59 Å². The molecule has 2 N–H and O–H groups in total. The lowest BCUT2D eigenvalue weighted by atomic mass is 10.0. The van der Waals surface area contributed by atoms with Crippen LogP contribution in [-0.4, -0.2) is 22.2 Å². The molecule has 0 spiro atoms. The van der Waals surface area contributed by atoms with Gasteiger partial charge in [0, 0.05) is 0 Å². The molecule has 0 fully saturated rings. The van der Waals surface area contributed by atoms with Gasteiger partial charge in [0.05, 0.1) is 11.1 Å². The number of hydrogen-bond acceptors (Lipinski definition) is 2. The van der Waals surface area contributed by atoms with Gasteiger partial charge in [0.2, 0.25) is 0 Å². The molecule has 74 valence electrons. The molecule has 0 heterocycles. The molecule has 0 unspecified atom stereocenters. The Morgan fingerprint density at radius 1 is 1.07 bits per heavy atom. The highest BCUT2D eigenvalue weighted by molar-refractivity contribution is 6.11. The molecule has 0 saturated carbocycles. The monoisotopic (exact) mass is 202 g/mol. The lowest BCUT2D eigenvalue weighted by Gasteiger charge is -2.01. The van der Waals surface area contributed by atoms with Crippen LogP contribution in [0.25, 0.3) is 0 Å². The third-order valence-electron chi connectivity index (χ3n) is 2.90. The maximum atomic E-state index is 11.0. The summed E-state index contributed by atoms with van der Waals surface area (Å²) in [5.74, 6) is -2.32. The Hall–Kier alpha value is -2.10. The van der Waals surface area contributed by atoms with Crippen molar-refractivity contribution in [2.75, 3.05) is 0 Å². The van der Waals surface area contributed by atoms with Gasteiger partial charge in [-0.2, -0.15) is 0 Å². The standard InChI is InChI=1S/C11H6O4/c12-10(13)8-6-2-4-1-5(6)7(3-4)9(8)11(14)15/h1-2H,3H2,(H,12,13)(H,14,15). The van der Waals surface area contributed by atoms with Crippen LogP contribution >= 0.6 is 0 Å². The zero-order valence-corrected chi connectivity index (χ0v) is 7.57. The normalized spacial score (nSPS) is 21.1. The van der Waals surface area contributed by atoms with E-state index in [-0.39, 0.29) is 11.1 Å².